The zero-order valence-corrected chi connectivity index (χ0v) is 16.4. The lowest BCUT2D eigenvalue weighted by Gasteiger charge is -2.05. The summed E-state index contributed by atoms with van der Waals surface area (Å²) in [5.74, 6) is 2.25. The summed E-state index contributed by atoms with van der Waals surface area (Å²) in [5.41, 5.74) is 8.10. The van der Waals surface area contributed by atoms with Crippen molar-refractivity contribution in [1.29, 1.82) is 0 Å². The van der Waals surface area contributed by atoms with Crippen molar-refractivity contribution >= 4 is 17.5 Å². The van der Waals surface area contributed by atoms with Crippen LogP contribution in [-0.2, 0) is 0 Å². The van der Waals surface area contributed by atoms with Crippen LogP contribution < -0.4 is 15.2 Å². The van der Waals surface area contributed by atoms with Crippen molar-refractivity contribution in [2.24, 2.45) is 0 Å². The molecule has 0 aliphatic carbocycles. The highest BCUT2D eigenvalue weighted by atomic mass is 16.5. The van der Waals surface area contributed by atoms with Crippen molar-refractivity contribution in [3.8, 4) is 22.8 Å². The minimum Gasteiger partial charge on any atom is -0.497 e. The molecule has 0 fully saturated rings. The van der Waals surface area contributed by atoms with Gasteiger partial charge in [0.15, 0.2) is 5.78 Å². The van der Waals surface area contributed by atoms with Gasteiger partial charge in [-0.25, -0.2) is 4.98 Å². The minimum absolute atomic E-state index is 0.0592. The van der Waals surface area contributed by atoms with E-state index in [4.69, 9.17) is 15.2 Å². The monoisotopic (exact) mass is 391 g/mol. The van der Waals surface area contributed by atoms with Crippen LogP contribution in [0, 0.1) is 0 Å². The Morgan fingerprint density at radius 3 is 2.38 bits per heavy atom. The summed E-state index contributed by atoms with van der Waals surface area (Å²) >= 11 is 0. The Morgan fingerprint density at radius 1 is 1.00 bits per heavy atom. The number of ether oxygens (including phenoxy) is 2. The molecule has 0 atom stereocenters. The first-order valence-electron chi connectivity index (χ1n) is 8.78. The Kier molecular flexibility index (Phi) is 6.03. The van der Waals surface area contributed by atoms with Gasteiger partial charge >= 0.3 is 0 Å². The molecular weight excluding hydrogens is 370 g/mol. The van der Waals surface area contributed by atoms with E-state index in [2.05, 4.69) is 15.1 Å². The quantitative estimate of drug-likeness (QED) is 0.532. The standard InChI is InChI=1S/C12H11N5O.C9H10O2/c1-18-9-4-2-3-8(7-9)10-5-6-14-12-15-11(13)16-17(10)12;1-7(10)8-4-3-5-9(6-8)11-2/h2-7H,1H3,(H2,13,16);3-6H,1-2H3. The predicted octanol–water partition coefficient (Wildman–Crippen LogP) is 3.28. The van der Waals surface area contributed by atoms with Crippen molar-refractivity contribution in [3.63, 3.8) is 0 Å². The van der Waals surface area contributed by atoms with E-state index >= 15 is 0 Å². The maximum absolute atomic E-state index is 10.9. The fraction of sp³-hybridized carbons (Fsp3) is 0.143. The molecule has 4 aromatic rings. The molecule has 0 saturated carbocycles. The largest absolute Gasteiger partial charge is 0.497 e. The number of aromatic nitrogens is 4. The topological polar surface area (TPSA) is 105 Å². The number of anilines is 1. The molecule has 2 aromatic carbocycles. The third kappa shape index (κ3) is 4.67. The summed E-state index contributed by atoms with van der Waals surface area (Å²) in [7, 11) is 3.22. The third-order valence-corrected chi connectivity index (χ3v) is 4.10. The van der Waals surface area contributed by atoms with Crippen molar-refractivity contribution in [3.05, 3.63) is 66.4 Å². The lowest BCUT2D eigenvalue weighted by Crippen LogP contribution is -1.96. The van der Waals surface area contributed by atoms with Crippen LogP contribution in [0.4, 0.5) is 5.95 Å². The average molecular weight is 391 g/mol. The number of nitrogens with zero attached hydrogens (tertiary/aromatic N) is 4. The Hall–Kier alpha value is -3.94. The highest BCUT2D eigenvalue weighted by molar-refractivity contribution is 5.94. The van der Waals surface area contributed by atoms with Crippen molar-refractivity contribution in [1.82, 2.24) is 19.6 Å². The van der Waals surface area contributed by atoms with E-state index in [0.717, 1.165) is 22.8 Å². The highest BCUT2D eigenvalue weighted by Crippen LogP contribution is 2.23. The van der Waals surface area contributed by atoms with Gasteiger partial charge in [0.05, 0.1) is 19.9 Å². The first-order valence-corrected chi connectivity index (χ1v) is 8.78. The van der Waals surface area contributed by atoms with Crippen LogP contribution in [0.15, 0.2) is 60.8 Å². The molecule has 2 N–H and O–H groups in total. The molecule has 8 nitrogen and oxygen atoms in total. The van der Waals surface area contributed by atoms with E-state index in [1.165, 1.54) is 6.92 Å². The van der Waals surface area contributed by atoms with Gasteiger partial charge in [0.25, 0.3) is 5.78 Å². The molecule has 0 unspecified atom stereocenters. The fourth-order valence-electron chi connectivity index (χ4n) is 2.65. The van der Waals surface area contributed by atoms with Crippen LogP contribution in [0.5, 0.6) is 11.5 Å². The van der Waals surface area contributed by atoms with Gasteiger partial charge < -0.3 is 15.2 Å². The number of methoxy groups -OCH3 is 2. The number of hydrogen-bond donors (Lipinski definition) is 1. The van der Waals surface area contributed by atoms with E-state index in [-0.39, 0.29) is 11.7 Å². The number of benzene rings is 2. The SMILES string of the molecule is COc1cccc(-c2ccnc3nc(N)nn23)c1.COc1cccc(C(C)=O)c1. The maximum Gasteiger partial charge on any atom is 0.254 e. The van der Waals surface area contributed by atoms with E-state index in [1.54, 1.807) is 43.1 Å². The predicted molar refractivity (Wildman–Crippen MR) is 110 cm³/mol. The number of ketones is 1. The molecule has 8 heteroatoms. The molecule has 0 bridgehead atoms. The first kappa shape index (κ1) is 19.8. The second-order valence-electron chi connectivity index (χ2n) is 6.03. The first-order chi connectivity index (χ1) is 14.0. The van der Waals surface area contributed by atoms with Gasteiger partial charge in [0.1, 0.15) is 11.5 Å². The molecule has 0 aliphatic heterocycles. The lowest BCUT2D eigenvalue weighted by molar-refractivity contribution is 0.101. The van der Waals surface area contributed by atoms with E-state index in [9.17, 15) is 4.79 Å². The number of nitrogens with two attached hydrogens (primary N) is 1. The molecule has 2 aromatic heterocycles. The van der Waals surface area contributed by atoms with Crippen LogP contribution in [0.3, 0.4) is 0 Å². The highest BCUT2D eigenvalue weighted by Gasteiger charge is 2.08. The Labute approximate surface area is 167 Å². The number of hydrogen-bond acceptors (Lipinski definition) is 7. The van der Waals surface area contributed by atoms with Gasteiger partial charge in [-0.15, -0.1) is 5.10 Å². The van der Waals surface area contributed by atoms with Gasteiger partial charge in [-0.1, -0.05) is 24.3 Å². The van der Waals surface area contributed by atoms with E-state index < -0.39 is 0 Å². The molecule has 2 heterocycles. The number of rotatable bonds is 4. The van der Waals surface area contributed by atoms with Crippen LogP contribution in [0.2, 0.25) is 0 Å². The van der Waals surface area contributed by atoms with E-state index in [1.807, 2.05) is 36.4 Å². The molecule has 0 amide bonds. The van der Waals surface area contributed by atoms with E-state index in [0.29, 0.717) is 11.3 Å². The summed E-state index contributed by atoms with van der Waals surface area (Å²) in [4.78, 5) is 19.0. The van der Waals surface area contributed by atoms with Crippen molar-refractivity contribution < 1.29 is 14.3 Å². The summed E-state index contributed by atoms with van der Waals surface area (Å²) in [6, 6.07) is 16.7. The number of fused-ring (bicyclic) bond motifs is 1. The van der Waals surface area contributed by atoms with Crippen molar-refractivity contribution in [2.45, 2.75) is 6.92 Å². The normalized spacial score (nSPS) is 10.2. The molecule has 0 aliphatic rings. The summed E-state index contributed by atoms with van der Waals surface area (Å²) in [6.07, 6.45) is 1.68. The van der Waals surface area contributed by atoms with Gasteiger partial charge in [-0.05, 0) is 37.3 Å². The van der Waals surface area contributed by atoms with Crippen LogP contribution in [-0.4, -0.2) is 39.6 Å². The smallest absolute Gasteiger partial charge is 0.254 e. The second-order valence-corrected chi connectivity index (χ2v) is 6.03. The maximum atomic E-state index is 10.9. The summed E-state index contributed by atoms with van der Waals surface area (Å²) in [6.45, 7) is 1.54. The minimum atomic E-state index is 0.0592. The summed E-state index contributed by atoms with van der Waals surface area (Å²) in [5, 5.41) is 4.12. The number of Topliss-reactive ketones (excluding diaryl/α,β-unsaturated/α-hetero) is 1. The zero-order valence-electron chi connectivity index (χ0n) is 16.4. The lowest BCUT2D eigenvalue weighted by atomic mass is 10.1. The molecule has 0 saturated heterocycles. The second kappa shape index (κ2) is 8.83. The van der Waals surface area contributed by atoms with Gasteiger partial charge in [0, 0.05) is 17.3 Å². The van der Waals surface area contributed by atoms with Gasteiger partial charge in [-0.3, -0.25) is 4.79 Å². The van der Waals surface area contributed by atoms with Gasteiger partial charge in [-0.2, -0.15) is 9.50 Å². The van der Waals surface area contributed by atoms with Crippen LogP contribution in [0.25, 0.3) is 17.0 Å². The molecule has 0 spiro atoms. The Morgan fingerprint density at radius 2 is 1.69 bits per heavy atom. The van der Waals surface area contributed by atoms with Crippen molar-refractivity contribution in [2.75, 3.05) is 20.0 Å². The Bertz CT molecular complexity index is 1140. The number of carbonyl (C=O) groups excluding carboxylic acids is 1. The third-order valence-electron chi connectivity index (χ3n) is 4.10. The molecule has 0 radical (unpaired) electrons. The zero-order chi connectivity index (χ0) is 20.8. The number of carbonyl (C=O) groups is 1. The Balaban J connectivity index is 0.000000188. The molecule has 29 heavy (non-hydrogen) atoms. The molecule has 4 rings (SSSR count). The fourth-order valence-corrected chi connectivity index (χ4v) is 2.65. The molecular formula is C21H21N5O3. The average Bonchev–Trinajstić information content (AvgIpc) is 3.14. The van der Waals surface area contributed by atoms with Crippen LogP contribution >= 0.6 is 0 Å². The molecule has 148 valence electrons. The van der Waals surface area contributed by atoms with Gasteiger partial charge in [0.2, 0.25) is 5.95 Å². The van der Waals surface area contributed by atoms with Crippen LogP contribution in [0.1, 0.15) is 17.3 Å². The number of nitrogen functional groups attached to an aromatic ring is 1. The summed E-state index contributed by atoms with van der Waals surface area (Å²) < 4.78 is 11.8.